The number of ether oxygens (including phenoxy) is 2. The first-order chi connectivity index (χ1) is 17.0. The van der Waals surface area contributed by atoms with Crippen LogP contribution in [-0.4, -0.2) is 55.0 Å². The second-order valence-corrected chi connectivity index (χ2v) is 9.73. The molecule has 35 heavy (non-hydrogen) atoms. The number of benzene rings is 2. The molecule has 0 saturated carbocycles. The third kappa shape index (κ3) is 5.20. The highest BCUT2D eigenvalue weighted by atomic mass is 32.1. The maximum Gasteiger partial charge on any atom is 0.254 e. The lowest BCUT2D eigenvalue weighted by molar-refractivity contribution is -0.134. The van der Waals surface area contributed by atoms with Gasteiger partial charge in [-0.15, -0.1) is 11.3 Å². The predicted molar refractivity (Wildman–Crippen MR) is 138 cm³/mol. The van der Waals surface area contributed by atoms with E-state index in [4.69, 9.17) is 9.47 Å². The van der Waals surface area contributed by atoms with Gasteiger partial charge in [0.1, 0.15) is 18.0 Å². The molecule has 0 aliphatic carbocycles. The predicted octanol–water partition coefficient (Wildman–Crippen LogP) is 5.18. The van der Waals surface area contributed by atoms with E-state index in [9.17, 15) is 9.59 Å². The van der Waals surface area contributed by atoms with Crippen LogP contribution in [0.5, 0.6) is 11.5 Å². The Kier molecular flexibility index (Phi) is 7.76. The van der Waals surface area contributed by atoms with E-state index in [1.165, 1.54) is 4.88 Å². The maximum absolute atomic E-state index is 13.8. The molecule has 1 aliphatic heterocycles. The summed E-state index contributed by atoms with van der Waals surface area (Å²) < 4.78 is 10.5. The van der Waals surface area contributed by atoms with Gasteiger partial charge >= 0.3 is 0 Å². The van der Waals surface area contributed by atoms with Gasteiger partial charge < -0.3 is 19.3 Å². The van der Waals surface area contributed by atoms with Gasteiger partial charge in [0, 0.05) is 23.0 Å². The van der Waals surface area contributed by atoms with E-state index in [1.54, 1.807) is 54.7 Å². The summed E-state index contributed by atoms with van der Waals surface area (Å²) in [7, 11) is 3.24. The molecule has 0 bridgehead atoms. The molecule has 2 aromatic carbocycles. The number of nitrogens with zero attached hydrogens (tertiary/aromatic N) is 2. The van der Waals surface area contributed by atoms with E-state index in [1.807, 2.05) is 43.0 Å². The fourth-order valence-corrected chi connectivity index (χ4v) is 5.42. The highest BCUT2D eigenvalue weighted by Crippen LogP contribution is 2.38. The Labute approximate surface area is 211 Å². The van der Waals surface area contributed by atoms with Gasteiger partial charge in [0.15, 0.2) is 0 Å². The van der Waals surface area contributed by atoms with Crippen molar-refractivity contribution in [3.63, 3.8) is 0 Å². The van der Waals surface area contributed by atoms with Crippen molar-refractivity contribution >= 4 is 23.2 Å². The Hall–Kier alpha value is -3.32. The largest absolute Gasteiger partial charge is 0.497 e. The molecule has 7 heteroatoms. The van der Waals surface area contributed by atoms with E-state index in [0.717, 1.165) is 29.7 Å². The zero-order valence-corrected chi connectivity index (χ0v) is 21.5. The van der Waals surface area contributed by atoms with Gasteiger partial charge in [-0.1, -0.05) is 19.1 Å². The lowest BCUT2D eigenvalue weighted by atomic mass is 9.93. The molecular formula is C28H32N2O4S. The number of thiophene rings is 1. The Morgan fingerprint density at radius 3 is 2.26 bits per heavy atom. The van der Waals surface area contributed by atoms with Crippen molar-refractivity contribution in [1.29, 1.82) is 0 Å². The molecule has 2 atom stereocenters. The molecule has 6 nitrogen and oxygen atoms in total. The molecule has 0 radical (unpaired) electrons. The van der Waals surface area contributed by atoms with Crippen molar-refractivity contribution in [2.45, 2.75) is 38.8 Å². The highest BCUT2D eigenvalue weighted by Gasteiger charge is 2.34. The van der Waals surface area contributed by atoms with Crippen molar-refractivity contribution in [3.05, 3.63) is 81.5 Å². The molecule has 0 saturated heterocycles. The molecule has 2 unspecified atom stereocenters. The Bertz CT molecular complexity index is 1160. The van der Waals surface area contributed by atoms with Crippen molar-refractivity contribution in [3.8, 4) is 11.5 Å². The number of hydrogen-bond acceptors (Lipinski definition) is 5. The van der Waals surface area contributed by atoms with Gasteiger partial charge in [-0.25, -0.2) is 0 Å². The smallest absolute Gasteiger partial charge is 0.254 e. The third-order valence-corrected chi connectivity index (χ3v) is 7.74. The van der Waals surface area contributed by atoms with Gasteiger partial charge in [0.05, 0.1) is 20.3 Å². The van der Waals surface area contributed by atoms with Crippen LogP contribution in [-0.2, 0) is 11.2 Å². The zero-order valence-electron chi connectivity index (χ0n) is 20.7. The number of fused-ring (bicyclic) bond motifs is 1. The van der Waals surface area contributed by atoms with Gasteiger partial charge in [-0.05, 0) is 78.7 Å². The number of amides is 2. The second-order valence-electron chi connectivity index (χ2n) is 8.73. The van der Waals surface area contributed by atoms with E-state index < -0.39 is 0 Å². The van der Waals surface area contributed by atoms with E-state index >= 15 is 0 Å². The Morgan fingerprint density at radius 2 is 1.66 bits per heavy atom. The minimum absolute atomic E-state index is 0.0337. The van der Waals surface area contributed by atoms with Gasteiger partial charge in [-0.2, -0.15) is 0 Å². The first-order valence-electron chi connectivity index (χ1n) is 11.9. The van der Waals surface area contributed by atoms with Gasteiger partial charge in [-0.3, -0.25) is 9.59 Å². The number of hydrogen-bond donors (Lipinski definition) is 0. The molecule has 0 spiro atoms. The van der Waals surface area contributed by atoms with E-state index in [-0.39, 0.29) is 30.4 Å². The Balaban J connectivity index is 1.62. The quantitative estimate of drug-likeness (QED) is 0.435. The minimum Gasteiger partial charge on any atom is -0.497 e. The van der Waals surface area contributed by atoms with Crippen molar-refractivity contribution in [2.24, 2.45) is 0 Å². The highest BCUT2D eigenvalue weighted by molar-refractivity contribution is 7.10. The normalized spacial score (nSPS) is 15.8. The summed E-state index contributed by atoms with van der Waals surface area (Å²) in [4.78, 5) is 32.2. The number of methoxy groups -OCH3 is 2. The molecule has 184 valence electrons. The fraction of sp³-hybridized carbons (Fsp3) is 0.357. The van der Waals surface area contributed by atoms with Crippen LogP contribution in [0.1, 0.15) is 52.7 Å². The van der Waals surface area contributed by atoms with Gasteiger partial charge in [0.2, 0.25) is 5.91 Å². The topological polar surface area (TPSA) is 59.1 Å². The number of carbonyl (C=O) groups is 2. The summed E-state index contributed by atoms with van der Waals surface area (Å²) in [6.07, 6.45) is 1.58. The fourth-order valence-electron chi connectivity index (χ4n) is 4.51. The van der Waals surface area contributed by atoms with Gasteiger partial charge in [0.25, 0.3) is 5.91 Å². The summed E-state index contributed by atoms with van der Waals surface area (Å²) in [5, 5.41) is 2.09. The van der Waals surface area contributed by atoms with Crippen LogP contribution in [0, 0.1) is 0 Å². The van der Waals surface area contributed by atoms with Crippen LogP contribution >= 0.6 is 11.3 Å². The third-order valence-electron chi connectivity index (χ3n) is 6.74. The molecule has 2 heterocycles. The molecule has 0 N–H and O–H groups in total. The summed E-state index contributed by atoms with van der Waals surface area (Å²) in [6.45, 7) is 4.67. The first-order valence-corrected chi connectivity index (χ1v) is 12.8. The van der Waals surface area contributed by atoms with Crippen molar-refractivity contribution in [2.75, 3.05) is 27.3 Å². The van der Waals surface area contributed by atoms with Crippen LogP contribution in [0.4, 0.5) is 0 Å². The average molecular weight is 493 g/mol. The molecule has 0 fully saturated rings. The molecule has 3 aromatic rings. The van der Waals surface area contributed by atoms with Crippen LogP contribution in [0.2, 0.25) is 0 Å². The standard InChI is InChI=1S/C28H32N2O4S/c1-5-19(2)30(28(32)21-8-12-23(34-4)13-9-21)18-26(31)29-16-14-25-24(15-17-35-25)27(29)20-6-10-22(33-3)11-7-20/h6-13,15,17,19,27H,5,14,16,18H2,1-4H3. The maximum atomic E-state index is 13.8. The van der Waals surface area contributed by atoms with E-state index in [2.05, 4.69) is 11.4 Å². The van der Waals surface area contributed by atoms with E-state index in [0.29, 0.717) is 17.9 Å². The van der Waals surface area contributed by atoms with Crippen LogP contribution < -0.4 is 9.47 Å². The number of rotatable bonds is 8. The van der Waals surface area contributed by atoms with Crippen LogP contribution in [0.15, 0.2) is 60.0 Å². The lowest BCUT2D eigenvalue weighted by Crippen LogP contribution is -2.49. The van der Waals surface area contributed by atoms with Crippen LogP contribution in [0.3, 0.4) is 0 Å². The Morgan fingerprint density at radius 1 is 1.03 bits per heavy atom. The zero-order chi connectivity index (χ0) is 24.9. The molecule has 1 aliphatic rings. The minimum atomic E-state index is -0.182. The summed E-state index contributed by atoms with van der Waals surface area (Å²) in [5.74, 6) is 1.27. The van der Waals surface area contributed by atoms with Crippen molar-refractivity contribution in [1.82, 2.24) is 9.80 Å². The summed E-state index contributed by atoms with van der Waals surface area (Å²) >= 11 is 1.74. The molecule has 2 amide bonds. The second kappa shape index (κ2) is 11.0. The SMILES string of the molecule is CCC(C)N(CC(=O)N1CCc2sccc2C1c1ccc(OC)cc1)C(=O)c1ccc(OC)cc1. The lowest BCUT2D eigenvalue weighted by Gasteiger charge is -2.38. The van der Waals surface area contributed by atoms with Crippen LogP contribution in [0.25, 0.3) is 0 Å². The first kappa shape index (κ1) is 24.8. The average Bonchev–Trinajstić information content (AvgIpc) is 3.39. The monoisotopic (exact) mass is 492 g/mol. The van der Waals surface area contributed by atoms with Crippen molar-refractivity contribution < 1.29 is 19.1 Å². The molecule has 4 rings (SSSR count). The summed E-state index contributed by atoms with van der Waals surface area (Å²) in [6, 6.07) is 16.8. The summed E-state index contributed by atoms with van der Waals surface area (Å²) in [5.41, 5.74) is 2.75. The number of carbonyl (C=O) groups excluding carboxylic acids is 2. The molecule has 1 aromatic heterocycles. The molecular weight excluding hydrogens is 460 g/mol.